The van der Waals surface area contributed by atoms with Gasteiger partial charge in [-0.15, -0.1) is 0 Å². The van der Waals surface area contributed by atoms with Crippen molar-refractivity contribution >= 4 is 34.4 Å². The summed E-state index contributed by atoms with van der Waals surface area (Å²) in [5, 5.41) is 14.4. The van der Waals surface area contributed by atoms with Gasteiger partial charge in [0.15, 0.2) is 5.13 Å². The highest BCUT2D eigenvalue weighted by Gasteiger charge is 2.29. The number of nitrogens with zero attached hydrogens (tertiary/aromatic N) is 1. The number of hydrogen-bond donors (Lipinski definition) is 3. The molecule has 0 aliphatic heterocycles. The second-order valence-corrected chi connectivity index (χ2v) is 8.66. The molecule has 9 heteroatoms. The fourth-order valence-electron chi connectivity index (χ4n) is 3.87. The number of amides is 2. The largest absolute Gasteiger partial charge is 0.481 e. The average molecular weight is 466 g/mol. The van der Waals surface area contributed by atoms with Crippen molar-refractivity contribution < 1.29 is 24.2 Å². The number of carboxylic acid groups (broad SMARTS) is 1. The molecular weight excluding hydrogens is 442 g/mol. The van der Waals surface area contributed by atoms with Crippen LogP contribution in [0.3, 0.4) is 0 Å². The molecule has 0 fully saturated rings. The van der Waals surface area contributed by atoms with Crippen LogP contribution in [-0.4, -0.2) is 41.2 Å². The molecule has 1 unspecified atom stereocenters. The van der Waals surface area contributed by atoms with Crippen LogP contribution in [0.15, 0.2) is 54.7 Å². The number of fused-ring (bicyclic) bond motifs is 3. The lowest BCUT2D eigenvalue weighted by Crippen LogP contribution is -2.32. The summed E-state index contributed by atoms with van der Waals surface area (Å²) >= 11 is 0.990. The Morgan fingerprint density at radius 1 is 1.09 bits per heavy atom. The molecule has 3 aromatic rings. The van der Waals surface area contributed by atoms with Crippen LogP contribution in [0.25, 0.3) is 11.1 Å². The van der Waals surface area contributed by atoms with Crippen LogP contribution in [0, 0.1) is 5.92 Å². The summed E-state index contributed by atoms with van der Waals surface area (Å²) in [4.78, 5) is 40.0. The first kappa shape index (κ1) is 22.5. The van der Waals surface area contributed by atoms with Gasteiger partial charge in [0.25, 0.3) is 5.91 Å². The van der Waals surface area contributed by atoms with E-state index in [0.717, 1.165) is 33.6 Å². The lowest BCUT2D eigenvalue weighted by molar-refractivity contribution is -0.141. The monoisotopic (exact) mass is 465 g/mol. The molecule has 8 nitrogen and oxygen atoms in total. The first-order valence-corrected chi connectivity index (χ1v) is 11.4. The number of thiazole rings is 1. The minimum atomic E-state index is -0.959. The zero-order chi connectivity index (χ0) is 23.4. The third-order valence-corrected chi connectivity index (χ3v) is 6.54. The average Bonchev–Trinajstić information content (AvgIpc) is 3.40. The Hall–Kier alpha value is -3.72. The smallest absolute Gasteiger partial charge is 0.413 e. The van der Waals surface area contributed by atoms with Crippen molar-refractivity contribution in [3.05, 3.63) is 70.7 Å². The third kappa shape index (κ3) is 4.88. The van der Waals surface area contributed by atoms with E-state index in [9.17, 15) is 14.4 Å². The van der Waals surface area contributed by atoms with Gasteiger partial charge in [-0.25, -0.2) is 9.78 Å². The maximum Gasteiger partial charge on any atom is 0.413 e. The zero-order valence-corrected chi connectivity index (χ0v) is 18.7. The van der Waals surface area contributed by atoms with E-state index in [0.29, 0.717) is 6.42 Å². The van der Waals surface area contributed by atoms with Gasteiger partial charge in [-0.05, 0) is 28.7 Å². The number of nitrogens with one attached hydrogen (secondary N) is 2. The number of carbonyl (C=O) groups is 3. The summed E-state index contributed by atoms with van der Waals surface area (Å²) in [6, 6.07) is 16.1. The van der Waals surface area contributed by atoms with E-state index in [1.165, 1.54) is 6.20 Å². The van der Waals surface area contributed by atoms with Gasteiger partial charge in [-0.2, -0.15) is 0 Å². The number of carbonyl (C=O) groups excluding carboxylic acids is 2. The van der Waals surface area contributed by atoms with Crippen molar-refractivity contribution in [3.63, 3.8) is 0 Å². The number of ether oxygens (including phenoxy) is 1. The maximum atomic E-state index is 12.4. The van der Waals surface area contributed by atoms with Crippen LogP contribution in [0.5, 0.6) is 0 Å². The van der Waals surface area contributed by atoms with Crippen molar-refractivity contribution in [3.8, 4) is 11.1 Å². The van der Waals surface area contributed by atoms with Crippen molar-refractivity contribution in [1.82, 2.24) is 10.3 Å². The molecule has 0 saturated carbocycles. The molecule has 1 atom stereocenters. The number of aliphatic carboxylic acids is 1. The molecular formula is C24H23N3O5S. The Morgan fingerprint density at radius 2 is 1.73 bits per heavy atom. The predicted octanol–water partition coefficient (Wildman–Crippen LogP) is 4.34. The first-order valence-electron chi connectivity index (χ1n) is 10.6. The van der Waals surface area contributed by atoms with E-state index in [4.69, 9.17) is 9.84 Å². The standard InChI is InChI=1S/C24H23N3O5S/c1-2-14(22(29)30)11-25-21(28)20-12-26-23(33-20)27-24(31)32-13-19-17-9-5-3-7-15(17)16-8-4-6-10-18(16)19/h3-10,12,14,19H,2,11,13H2,1H3,(H,25,28)(H,29,30)(H,26,27,31). The normalized spacial score (nSPS) is 13.0. The van der Waals surface area contributed by atoms with Crippen LogP contribution in [-0.2, 0) is 9.53 Å². The van der Waals surface area contributed by atoms with Crippen LogP contribution in [0.4, 0.5) is 9.93 Å². The molecule has 0 radical (unpaired) electrons. The molecule has 0 saturated heterocycles. The first-order chi connectivity index (χ1) is 16.0. The van der Waals surface area contributed by atoms with E-state index in [1.807, 2.05) is 36.4 Å². The highest BCUT2D eigenvalue weighted by molar-refractivity contribution is 7.17. The molecule has 2 amide bonds. The second kappa shape index (κ2) is 9.83. The van der Waals surface area contributed by atoms with Gasteiger partial charge >= 0.3 is 12.1 Å². The lowest BCUT2D eigenvalue weighted by Gasteiger charge is -2.14. The van der Waals surface area contributed by atoms with Gasteiger partial charge in [0.2, 0.25) is 0 Å². The SMILES string of the molecule is CCC(CNC(=O)c1cnc(NC(=O)OCC2c3ccccc3-c3ccccc32)s1)C(=O)O. The van der Waals surface area contributed by atoms with Crippen molar-refractivity contribution in [2.45, 2.75) is 19.3 Å². The third-order valence-electron chi connectivity index (χ3n) is 5.63. The van der Waals surface area contributed by atoms with E-state index in [2.05, 4.69) is 27.8 Å². The molecule has 1 aliphatic rings. The molecule has 1 heterocycles. The van der Waals surface area contributed by atoms with Gasteiger partial charge in [0.1, 0.15) is 11.5 Å². The highest BCUT2D eigenvalue weighted by atomic mass is 32.1. The molecule has 0 bridgehead atoms. The Labute approximate surface area is 194 Å². The second-order valence-electron chi connectivity index (χ2n) is 7.63. The van der Waals surface area contributed by atoms with Crippen LogP contribution < -0.4 is 10.6 Å². The summed E-state index contributed by atoms with van der Waals surface area (Å²) in [6.45, 7) is 1.94. The number of benzene rings is 2. The van der Waals surface area contributed by atoms with Gasteiger partial charge in [0, 0.05) is 12.5 Å². The van der Waals surface area contributed by atoms with E-state index in [-0.39, 0.29) is 29.1 Å². The summed E-state index contributed by atoms with van der Waals surface area (Å²) in [5.41, 5.74) is 4.52. The molecule has 1 aliphatic carbocycles. The number of aromatic nitrogens is 1. The number of rotatable bonds is 8. The van der Waals surface area contributed by atoms with E-state index in [1.54, 1.807) is 6.92 Å². The molecule has 4 rings (SSSR count). The minimum Gasteiger partial charge on any atom is -0.481 e. The van der Waals surface area contributed by atoms with Gasteiger partial charge < -0.3 is 15.2 Å². The Balaban J connectivity index is 1.34. The zero-order valence-electron chi connectivity index (χ0n) is 17.9. The molecule has 33 heavy (non-hydrogen) atoms. The van der Waals surface area contributed by atoms with Crippen LogP contribution >= 0.6 is 11.3 Å². The highest BCUT2D eigenvalue weighted by Crippen LogP contribution is 2.44. The molecule has 1 aromatic heterocycles. The Morgan fingerprint density at radius 3 is 2.33 bits per heavy atom. The number of anilines is 1. The lowest BCUT2D eigenvalue weighted by atomic mass is 9.98. The Bertz CT molecular complexity index is 1150. The topological polar surface area (TPSA) is 118 Å². The van der Waals surface area contributed by atoms with Gasteiger partial charge in [0.05, 0.1) is 12.1 Å². The summed E-state index contributed by atoms with van der Waals surface area (Å²) in [6.07, 6.45) is 1.09. The number of carboxylic acids is 1. The maximum absolute atomic E-state index is 12.4. The molecule has 0 spiro atoms. The fourth-order valence-corrected chi connectivity index (χ4v) is 4.59. The van der Waals surface area contributed by atoms with Crippen LogP contribution in [0.2, 0.25) is 0 Å². The molecule has 2 aromatic carbocycles. The minimum absolute atomic E-state index is 0.0255. The summed E-state index contributed by atoms with van der Waals surface area (Å²) in [5.74, 6) is -2.10. The molecule has 3 N–H and O–H groups in total. The van der Waals surface area contributed by atoms with E-state index >= 15 is 0 Å². The Kier molecular flexibility index (Phi) is 6.69. The summed E-state index contributed by atoms with van der Waals surface area (Å²) in [7, 11) is 0. The number of hydrogen-bond acceptors (Lipinski definition) is 6. The van der Waals surface area contributed by atoms with Crippen molar-refractivity contribution in [1.29, 1.82) is 0 Å². The van der Waals surface area contributed by atoms with Crippen LogP contribution in [0.1, 0.15) is 40.1 Å². The van der Waals surface area contributed by atoms with Crippen molar-refractivity contribution in [2.75, 3.05) is 18.5 Å². The summed E-state index contributed by atoms with van der Waals surface area (Å²) < 4.78 is 5.48. The predicted molar refractivity (Wildman–Crippen MR) is 125 cm³/mol. The fraction of sp³-hybridized carbons (Fsp3) is 0.250. The van der Waals surface area contributed by atoms with E-state index < -0.39 is 23.9 Å². The van der Waals surface area contributed by atoms with Gasteiger partial charge in [-0.3, -0.25) is 14.9 Å². The van der Waals surface area contributed by atoms with Gasteiger partial charge in [-0.1, -0.05) is 66.8 Å². The van der Waals surface area contributed by atoms with Crippen molar-refractivity contribution in [2.24, 2.45) is 5.92 Å². The molecule has 170 valence electrons. The quantitative estimate of drug-likeness (QED) is 0.455.